The fourth-order valence-electron chi connectivity index (χ4n) is 4.19. The summed E-state index contributed by atoms with van der Waals surface area (Å²) in [5.74, 6) is -0.649. The van der Waals surface area contributed by atoms with E-state index in [0.29, 0.717) is 49.7 Å². The number of ether oxygens (including phenoxy) is 1. The van der Waals surface area contributed by atoms with Crippen LogP contribution in [0.4, 0.5) is 0 Å². The number of nitrogens with one attached hydrogen (secondary N) is 1. The second kappa shape index (κ2) is 7.43. The van der Waals surface area contributed by atoms with E-state index < -0.39 is 17.2 Å². The van der Waals surface area contributed by atoms with E-state index in [1.165, 1.54) is 0 Å². The van der Waals surface area contributed by atoms with Gasteiger partial charge in [0.05, 0.1) is 22.7 Å². The summed E-state index contributed by atoms with van der Waals surface area (Å²) in [4.78, 5) is 25.8. The Morgan fingerprint density at radius 1 is 1.41 bits per heavy atom. The molecule has 1 aromatic rings. The van der Waals surface area contributed by atoms with E-state index in [-0.39, 0.29) is 18.4 Å². The van der Waals surface area contributed by atoms with E-state index in [1.807, 2.05) is 11.8 Å². The van der Waals surface area contributed by atoms with Crippen molar-refractivity contribution in [2.45, 2.75) is 43.4 Å². The Balaban J connectivity index is 1.72. The summed E-state index contributed by atoms with van der Waals surface area (Å²) in [7, 11) is 1.75. The number of halogens is 1. The summed E-state index contributed by atoms with van der Waals surface area (Å²) in [6.07, 6.45) is 2.44. The van der Waals surface area contributed by atoms with Gasteiger partial charge in [-0.15, -0.1) is 0 Å². The predicted octanol–water partition coefficient (Wildman–Crippen LogP) is 0.268. The highest BCUT2D eigenvalue weighted by atomic mass is 35.5. The van der Waals surface area contributed by atoms with E-state index in [9.17, 15) is 14.7 Å². The largest absolute Gasteiger partial charge is 0.388 e. The summed E-state index contributed by atoms with van der Waals surface area (Å²) in [5, 5.41) is 14.6. The molecule has 2 aliphatic rings. The van der Waals surface area contributed by atoms with Crippen molar-refractivity contribution in [3.05, 3.63) is 23.0 Å². The summed E-state index contributed by atoms with van der Waals surface area (Å²) in [6, 6.07) is 1.60. The van der Waals surface area contributed by atoms with Crippen LogP contribution in [0.1, 0.15) is 36.7 Å². The molecule has 2 fully saturated rings. The highest BCUT2D eigenvalue weighted by molar-refractivity contribution is 6.31. The Morgan fingerprint density at radius 3 is 2.63 bits per heavy atom. The lowest BCUT2D eigenvalue weighted by molar-refractivity contribution is -0.205. The number of primary amides is 1. The first-order valence-electron chi connectivity index (χ1n) is 9.12. The van der Waals surface area contributed by atoms with Crippen LogP contribution >= 0.6 is 11.6 Å². The van der Waals surface area contributed by atoms with Gasteiger partial charge in [-0.1, -0.05) is 11.6 Å². The van der Waals surface area contributed by atoms with Crippen LogP contribution in [0, 0.1) is 0 Å². The minimum absolute atomic E-state index is 0.203. The molecule has 1 aromatic heterocycles. The minimum Gasteiger partial charge on any atom is -0.388 e. The van der Waals surface area contributed by atoms with Crippen LogP contribution in [0.15, 0.2) is 12.3 Å². The fraction of sp³-hybridized carbons (Fsp3) is 0.667. The first kappa shape index (κ1) is 20.1. The van der Waals surface area contributed by atoms with Crippen molar-refractivity contribution in [1.29, 1.82) is 0 Å². The molecular formula is C18H27ClN4O4. The Bertz CT molecular complexity index is 729. The van der Waals surface area contributed by atoms with E-state index in [4.69, 9.17) is 22.1 Å². The number of hydrogen-bond acceptors (Lipinski definition) is 5. The van der Waals surface area contributed by atoms with Crippen molar-refractivity contribution >= 4 is 23.4 Å². The number of nitrogens with two attached hydrogens (primary N) is 1. The zero-order valence-corrected chi connectivity index (χ0v) is 16.5. The van der Waals surface area contributed by atoms with Crippen LogP contribution in [0.3, 0.4) is 0 Å². The summed E-state index contributed by atoms with van der Waals surface area (Å²) in [6.45, 7) is 3.71. The van der Waals surface area contributed by atoms with Crippen molar-refractivity contribution in [1.82, 2.24) is 14.8 Å². The fourth-order valence-corrected chi connectivity index (χ4v) is 4.44. The molecule has 0 bridgehead atoms. The summed E-state index contributed by atoms with van der Waals surface area (Å²) >= 11 is 5.97. The zero-order chi connectivity index (χ0) is 19.8. The van der Waals surface area contributed by atoms with Crippen LogP contribution < -0.4 is 11.1 Å². The monoisotopic (exact) mass is 398 g/mol. The number of rotatable bonds is 4. The smallest absolute Gasteiger partial charge is 0.268 e. The van der Waals surface area contributed by atoms with Gasteiger partial charge >= 0.3 is 0 Å². The van der Waals surface area contributed by atoms with Gasteiger partial charge in [0.1, 0.15) is 11.8 Å². The van der Waals surface area contributed by atoms with Gasteiger partial charge in [0.2, 0.25) is 5.91 Å². The molecule has 2 atom stereocenters. The van der Waals surface area contributed by atoms with Gasteiger partial charge in [-0.05, 0) is 32.3 Å². The number of aryl methyl sites for hydroxylation is 1. The molecule has 0 aromatic carbocycles. The van der Waals surface area contributed by atoms with E-state index in [0.717, 1.165) is 0 Å². The average molecular weight is 399 g/mol. The Labute approximate surface area is 163 Å². The molecule has 3 rings (SSSR count). The summed E-state index contributed by atoms with van der Waals surface area (Å²) < 4.78 is 7.67. The molecule has 2 amide bonds. The highest BCUT2D eigenvalue weighted by Crippen LogP contribution is 2.40. The third kappa shape index (κ3) is 3.99. The number of aliphatic hydroxyl groups excluding tert-OH is 1. The average Bonchev–Trinajstić information content (AvgIpc) is 2.93. The molecule has 4 N–H and O–H groups in total. The van der Waals surface area contributed by atoms with Gasteiger partial charge in [0, 0.05) is 32.9 Å². The number of piperidine rings is 1. The molecule has 0 saturated carbocycles. The molecule has 0 aliphatic carbocycles. The number of amides is 2. The number of hydrogen-bond donors (Lipinski definition) is 3. The van der Waals surface area contributed by atoms with Gasteiger partial charge < -0.3 is 25.5 Å². The number of carbonyl (C=O) groups excluding carboxylic acids is 2. The van der Waals surface area contributed by atoms with Gasteiger partial charge in [0.25, 0.3) is 5.91 Å². The maximum absolute atomic E-state index is 12.7. The lowest BCUT2D eigenvalue weighted by Gasteiger charge is -2.53. The first-order chi connectivity index (χ1) is 12.7. The van der Waals surface area contributed by atoms with Crippen LogP contribution in [-0.2, 0) is 16.6 Å². The number of nitrogens with zero attached hydrogens (tertiary/aromatic N) is 2. The van der Waals surface area contributed by atoms with E-state index >= 15 is 0 Å². The van der Waals surface area contributed by atoms with Crippen LogP contribution in [0.5, 0.6) is 0 Å². The second-order valence-corrected chi connectivity index (χ2v) is 8.27. The number of likely N-dealkylation sites (tertiary alicyclic amines) is 1. The molecule has 8 nitrogen and oxygen atoms in total. The number of aliphatic hydroxyl groups is 1. The Kier molecular flexibility index (Phi) is 5.54. The lowest BCUT2D eigenvalue weighted by atomic mass is 9.73. The number of aromatic nitrogens is 1. The molecule has 150 valence electrons. The molecule has 27 heavy (non-hydrogen) atoms. The lowest BCUT2D eigenvalue weighted by Crippen LogP contribution is -2.69. The highest BCUT2D eigenvalue weighted by Gasteiger charge is 2.53. The second-order valence-electron chi connectivity index (χ2n) is 7.83. The van der Waals surface area contributed by atoms with Crippen LogP contribution in [0.25, 0.3) is 0 Å². The molecule has 2 aliphatic heterocycles. The standard InChI is InChI=1S/C18H27ClN4O4/c1-17(21-15(25)13-9-12(19)10-22(13)2)5-8-27-18(16(17)26)3-6-23(7-4-18)11-14(20)24/h9-10,16,26H,3-8,11H2,1-2H3,(H2,20,24)(H,21,25)/t16-,17+/m1/s1. The van der Waals surface area contributed by atoms with Gasteiger partial charge in [0.15, 0.2) is 0 Å². The first-order valence-corrected chi connectivity index (χ1v) is 9.50. The van der Waals surface area contributed by atoms with Crippen molar-refractivity contribution < 1.29 is 19.4 Å². The Morgan fingerprint density at radius 2 is 2.07 bits per heavy atom. The van der Waals surface area contributed by atoms with Crippen molar-refractivity contribution in [2.75, 3.05) is 26.2 Å². The van der Waals surface area contributed by atoms with Gasteiger partial charge in [-0.25, -0.2) is 0 Å². The molecule has 0 radical (unpaired) electrons. The molecule has 9 heteroatoms. The van der Waals surface area contributed by atoms with E-state index in [1.54, 1.807) is 23.9 Å². The third-order valence-electron chi connectivity index (χ3n) is 5.80. The SMILES string of the molecule is Cn1cc(Cl)cc1C(=O)N[C@@]1(C)CCOC2(CCN(CC(N)=O)CC2)[C@@H]1O. The quantitative estimate of drug-likeness (QED) is 0.674. The molecule has 2 saturated heterocycles. The van der Waals surface area contributed by atoms with Gasteiger partial charge in [-0.2, -0.15) is 0 Å². The molecule has 1 spiro atoms. The van der Waals surface area contributed by atoms with Crippen molar-refractivity contribution in [3.63, 3.8) is 0 Å². The van der Waals surface area contributed by atoms with Crippen LogP contribution in [0.2, 0.25) is 5.02 Å². The Hall–Kier alpha value is -1.61. The molecule has 0 unspecified atom stereocenters. The van der Waals surface area contributed by atoms with E-state index in [2.05, 4.69) is 5.32 Å². The zero-order valence-electron chi connectivity index (χ0n) is 15.7. The maximum Gasteiger partial charge on any atom is 0.268 e. The topological polar surface area (TPSA) is 110 Å². The maximum atomic E-state index is 12.7. The predicted molar refractivity (Wildman–Crippen MR) is 100 cm³/mol. The normalized spacial score (nSPS) is 28.2. The number of carbonyl (C=O) groups is 2. The van der Waals surface area contributed by atoms with Crippen LogP contribution in [-0.4, -0.2) is 69.9 Å². The minimum atomic E-state index is -0.867. The molecule has 3 heterocycles. The van der Waals surface area contributed by atoms with Crippen molar-refractivity contribution in [2.24, 2.45) is 12.8 Å². The summed E-state index contributed by atoms with van der Waals surface area (Å²) in [5.41, 5.74) is 4.15. The molecular weight excluding hydrogens is 372 g/mol. The van der Waals surface area contributed by atoms with Gasteiger partial charge in [-0.3, -0.25) is 14.5 Å². The van der Waals surface area contributed by atoms with Crippen molar-refractivity contribution in [3.8, 4) is 0 Å². The third-order valence-corrected chi connectivity index (χ3v) is 6.00.